The molecule has 1 N–H and O–H groups in total. The molecule has 106 valence electrons. The predicted molar refractivity (Wildman–Crippen MR) is 77.8 cm³/mol. The zero-order valence-electron chi connectivity index (χ0n) is 11.4. The number of rotatable bonds is 5. The van der Waals surface area contributed by atoms with Gasteiger partial charge >= 0.3 is 0 Å². The number of benzene rings is 1. The second-order valence-electron chi connectivity index (χ2n) is 4.94. The maximum Gasteiger partial charge on any atom is 0.263 e. The van der Waals surface area contributed by atoms with Gasteiger partial charge in [0.1, 0.15) is 0 Å². The first kappa shape index (κ1) is 14.5. The molecule has 0 fully saturated rings. The minimum Gasteiger partial charge on any atom is -0.262 e. The van der Waals surface area contributed by atoms with Gasteiger partial charge in [-0.15, -0.1) is 0 Å². The molecule has 0 bridgehead atoms. The standard InChI is InChI=1S/C14H17N3O2S/c1-11(2)9-12-3-5-13(6-4-12)20(18,19)17-14-10-15-7-8-16-14/h3-8,10-11H,9H2,1-2H3,(H,16,17). The van der Waals surface area contributed by atoms with Crippen LogP contribution >= 0.6 is 0 Å². The van der Waals surface area contributed by atoms with Gasteiger partial charge < -0.3 is 0 Å². The molecular formula is C14H17N3O2S. The van der Waals surface area contributed by atoms with Gasteiger partial charge in [0, 0.05) is 12.4 Å². The molecule has 6 heteroatoms. The molecule has 2 aromatic rings. The van der Waals surface area contributed by atoms with E-state index in [4.69, 9.17) is 0 Å². The zero-order valence-corrected chi connectivity index (χ0v) is 12.3. The molecule has 20 heavy (non-hydrogen) atoms. The van der Waals surface area contributed by atoms with Crippen LogP contribution in [-0.2, 0) is 16.4 Å². The molecule has 0 aliphatic carbocycles. The van der Waals surface area contributed by atoms with E-state index in [2.05, 4.69) is 28.5 Å². The Morgan fingerprint density at radius 2 is 1.85 bits per heavy atom. The van der Waals surface area contributed by atoms with E-state index in [9.17, 15) is 8.42 Å². The van der Waals surface area contributed by atoms with E-state index >= 15 is 0 Å². The maximum atomic E-state index is 12.2. The first-order valence-electron chi connectivity index (χ1n) is 6.35. The van der Waals surface area contributed by atoms with E-state index in [1.807, 2.05) is 12.1 Å². The first-order chi connectivity index (χ1) is 9.47. The van der Waals surface area contributed by atoms with Crippen LogP contribution in [0, 0.1) is 5.92 Å². The Morgan fingerprint density at radius 1 is 1.15 bits per heavy atom. The largest absolute Gasteiger partial charge is 0.263 e. The van der Waals surface area contributed by atoms with Crippen LogP contribution in [0.2, 0.25) is 0 Å². The lowest BCUT2D eigenvalue weighted by Gasteiger charge is -2.08. The van der Waals surface area contributed by atoms with E-state index in [1.54, 1.807) is 12.1 Å². The summed E-state index contributed by atoms with van der Waals surface area (Å²) in [6.07, 6.45) is 5.21. The number of anilines is 1. The van der Waals surface area contributed by atoms with Crippen molar-refractivity contribution in [3.8, 4) is 0 Å². The molecule has 0 radical (unpaired) electrons. The average molecular weight is 291 g/mol. The molecule has 0 aliphatic rings. The summed E-state index contributed by atoms with van der Waals surface area (Å²) in [5, 5.41) is 0. The van der Waals surface area contributed by atoms with Crippen molar-refractivity contribution in [2.75, 3.05) is 4.72 Å². The fraction of sp³-hybridized carbons (Fsp3) is 0.286. The molecule has 1 aromatic heterocycles. The van der Waals surface area contributed by atoms with Crippen LogP contribution in [0.15, 0.2) is 47.8 Å². The predicted octanol–water partition coefficient (Wildman–Crippen LogP) is 2.48. The molecule has 5 nitrogen and oxygen atoms in total. The Balaban J connectivity index is 2.17. The zero-order chi connectivity index (χ0) is 14.6. The molecule has 1 heterocycles. The normalized spacial score (nSPS) is 11.6. The lowest BCUT2D eigenvalue weighted by molar-refractivity contribution is 0.601. The molecule has 0 saturated carbocycles. The van der Waals surface area contributed by atoms with Crippen molar-refractivity contribution >= 4 is 15.8 Å². The monoisotopic (exact) mass is 291 g/mol. The van der Waals surface area contributed by atoms with Gasteiger partial charge in [-0.05, 0) is 30.0 Å². The van der Waals surface area contributed by atoms with E-state index in [0.29, 0.717) is 5.92 Å². The van der Waals surface area contributed by atoms with Crippen LogP contribution in [0.3, 0.4) is 0 Å². The van der Waals surface area contributed by atoms with Crippen molar-refractivity contribution < 1.29 is 8.42 Å². The fourth-order valence-electron chi connectivity index (χ4n) is 1.82. The van der Waals surface area contributed by atoms with Gasteiger partial charge in [-0.1, -0.05) is 26.0 Å². The highest BCUT2D eigenvalue weighted by atomic mass is 32.2. The number of hydrogen-bond acceptors (Lipinski definition) is 4. The molecule has 0 amide bonds. The summed E-state index contributed by atoms with van der Waals surface area (Å²) < 4.78 is 26.7. The first-order valence-corrected chi connectivity index (χ1v) is 7.83. The smallest absolute Gasteiger partial charge is 0.262 e. The van der Waals surface area contributed by atoms with Crippen LogP contribution < -0.4 is 4.72 Å². The summed E-state index contributed by atoms with van der Waals surface area (Å²) in [7, 11) is -3.61. The van der Waals surface area contributed by atoms with Crippen LogP contribution in [0.5, 0.6) is 0 Å². The molecule has 2 rings (SSSR count). The second kappa shape index (κ2) is 6.00. The average Bonchev–Trinajstić information content (AvgIpc) is 2.39. The van der Waals surface area contributed by atoms with Crippen molar-refractivity contribution in [2.24, 2.45) is 5.92 Å². The SMILES string of the molecule is CC(C)Cc1ccc(S(=O)(=O)Nc2cnccn2)cc1. The second-order valence-corrected chi connectivity index (χ2v) is 6.62. The summed E-state index contributed by atoms with van der Waals surface area (Å²) in [5.41, 5.74) is 1.12. The van der Waals surface area contributed by atoms with Gasteiger partial charge in [0.25, 0.3) is 10.0 Å². The van der Waals surface area contributed by atoms with E-state index in [0.717, 1.165) is 12.0 Å². The minimum absolute atomic E-state index is 0.207. The van der Waals surface area contributed by atoms with Gasteiger partial charge in [0.05, 0.1) is 11.1 Å². The molecule has 0 unspecified atom stereocenters. The van der Waals surface area contributed by atoms with Crippen molar-refractivity contribution in [1.82, 2.24) is 9.97 Å². The quantitative estimate of drug-likeness (QED) is 0.918. The van der Waals surface area contributed by atoms with Crippen molar-refractivity contribution in [1.29, 1.82) is 0 Å². The Morgan fingerprint density at radius 3 is 2.40 bits per heavy atom. The summed E-state index contributed by atoms with van der Waals surface area (Å²) in [5.74, 6) is 0.744. The Hall–Kier alpha value is -1.95. The van der Waals surface area contributed by atoms with Gasteiger partial charge in [-0.25, -0.2) is 13.4 Å². The van der Waals surface area contributed by atoms with Crippen molar-refractivity contribution in [3.63, 3.8) is 0 Å². The topological polar surface area (TPSA) is 72.0 Å². The lowest BCUT2D eigenvalue weighted by Crippen LogP contribution is -2.14. The summed E-state index contributed by atoms with van der Waals surface area (Å²) in [6.45, 7) is 4.25. The van der Waals surface area contributed by atoms with Gasteiger partial charge in [-0.2, -0.15) is 0 Å². The fourth-order valence-corrected chi connectivity index (χ4v) is 2.82. The minimum atomic E-state index is -3.61. The number of sulfonamides is 1. The third kappa shape index (κ3) is 3.77. The van der Waals surface area contributed by atoms with Gasteiger partial charge in [0.15, 0.2) is 5.82 Å². The molecule has 0 spiro atoms. The van der Waals surface area contributed by atoms with E-state index in [1.165, 1.54) is 18.6 Å². The Labute approximate surface area is 119 Å². The maximum absolute atomic E-state index is 12.2. The highest BCUT2D eigenvalue weighted by Crippen LogP contribution is 2.16. The van der Waals surface area contributed by atoms with E-state index < -0.39 is 10.0 Å². The van der Waals surface area contributed by atoms with Gasteiger partial charge in [-0.3, -0.25) is 9.71 Å². The van der Waals surface area contributed by atoms with Crippen LogP contribution in [-0.4, -0.2) is 18.4 Å². The summed E-state index contributed by atoms with van der Waals surface area (Å²) in [4.78, 5) is 7.93. The molecule has 0 saturated heterocycles. The number of hydrogen-bond donors (Lipinski definition) is 1. The van der Waals surface area contributed by atoms with Crippen molar-refractivity contribution in [3.05, 3.63) is 48.4 Å². The third-order valence-corrected chi connectivity index (χ3v) is 4.05. The Bertz CT molecular complexity index is 653. The van der Waals surface area contributed by atoms with Crippen LogP contribution in [0.25, 0.3) is 0 Å². The third-order valence-electron chi connectivity index (χ3n) is 2.68. The van der Waals surface area contributed by atoms with E-state index in [-0.39, 0.29) is 10.7 Å². The number of aromatic nitrogens is 2. The van der Waals surface area contributed by atoms with Gasteiger partial charge in [0.2, 0.25) is 0 Å². The molecule has 0 atom stereocenters. The summed E-state index contributed by atoms with van der Waals surface area (Å²) in [6, 6.07) is 6.89. The highest BCUT2D eigenvalue weighted by Gasteiger charge is 2.14. The number of nitrogens with one attached hydrogen (secondary N) is 1. The molecular weight excluding hydrogens is 274 g/mol. The van der Waals surface area contributed by atoms with Crippen molar-refractivity contribution in [2.45, 2.75) is 25.2 Å². The molecule has 1 aromatic carbocycles. The van der Waals surface area contributed by atoms with Crippen LogP contribution in [0.1, 0.15) is 19.4 Å². The number of nitrogens with zero attached hydrogens (tertiary/aromatic N) is 2. The molecule has 0 aliphatic heterocycles. The summed E-state index contributed by atoms with van der Waals surface area (Å²) >= 11 is 0. The Kier molecular flexibility index (Phi) is 4.34. The highest BCUT2D eigenvalue weighted by molar-refractivity contribution is 7.92. The lowest BCUT2D eigenvalue weighted by atomic mass is 10.0. The van der Waals surface area contributed by atoms with Crippen LogP contribution in [0.4, 0.5) is 5.82 Å².